The maximum Gasteiger partial charge on any atom is 0.341 e. The summed E-state index contributed by atoms with van der Waals surface area (Å²) < 4.78 is 10.8. The molecule has 5 nitrogen and oxygen atoms in total. The highest BCUT2D eigenvalue weighted by molar-refractivity contribution is 7.17. The van der Waals surface area contributed by atoms with E-state index in [-0.39, 0.29) is 24.5 Å². The lowest BCUT2D eigenvalue weighted by Gasteiger charge is -2.33. The number of thiophene rings is 1. The van der Waals surface area contributed by atoms with Gasteiger partial charge in [-0.05, 0) is 61.3 Å². The summed E-state index contributed by atoms with van der Waals surface area (Å²) in [5, 5.41) is 4.18. The lowest BCUT2D eigenvalue weighted by Crippen LogP contribution is -2.26. The molecule has 0 bridgehead atoms. The third kappa shape index (κ3) is 5.73. The number of esters is 1. The normalized spacial score (nSPS) is 15.9. The topological polar surface area (TPSA) is 64.6 Å². The average Bonchev–Trinajstić information content (AvgIpc) is 3.03. The van der Waals surface area contributed by atoms with E-state index in [1.54, 1.807) is 25.1 Å². The number of carbonyl (C=O) groups excluding carboxylic acids is 2. The first kappa shape index (κ1) is 23.9. The van der Waals surface area contributed by atoms with Crippen molar-refractivity contribution in [2.45, 2.75) is 47.0 Å². The Kier molecular flexibility index (Phi) is 7.55. The molecule has 2 aromatic rings. The molecule has 1 aliphatic carbocycles. The number of anilines is 1. The summed E-state index contributed by atoms with van der Waals surface area (Å²) in [6.07, 6.45) is 2.70. The Morgan fingerprint density at radius 2 is 2.00 bits per heavy atom. The van der Waals surface area contributed by atoms with Gasteiger partial charge in [0, 0.05) is 9.90 Å². The van der Waals surface area contributed by atoms with Crippen LogP contribution in [-0.2, 0) is 22.4 Å². The van der Waals surface area contributed by atoms with Crippen molar-refractivity contribution < 1.29 is 19.1 Å². The van der Waals surface area contributed by atoms with Crippen LogP contribution in [0, 0.1) is 11.3 Å². The molecular formula is C23H27Cl2NO4S. The molecule has 0 fully saturated rings. The maximum atomic E-state index is 12.7. The molecule has 1 heterocycles. The van der Waals surface area contributed by atoms with Crippen LogP contribution in [0.2, 0.25) is 10.0 Å². The molecule has 8 heteroatoms. The molecule has 0 aliphatic heterocycles. The highest BCUT2D eigenvalue weighted by Gasteiger charge is 2.34. The van der Waals surface area contributed by atoms with Crippen molar-refractivity contribution in [3.05, 3.63) is 44.2 Å². The Morgan fingerprint density at radius 3 is 2.65 bits per heavy atom. The van der Waals surface area contributed by atoms with Gasteiger partial charge in [0.25, 0.3) is 5.91 Å². The van der Waals surface area contributed by atoms with Crippen LogP contribution in [0.15, 0.2) is 18.2 Å². The SMILES string of the molecule is CCOC(=O)c1c(NC(=O)COc2ccc(Cl)cc2Cl)sc2c1CC[C@@H](C(C)(C)C)C2. The molecule has 1 N–H and O–H groups in total. The van der Waals surface area contributed by atoms with Crippen LogP contribution in [0.3, 0.4) is 0 Å². The molecule has 31 heavy (non-hydrogen) atoms. The zero-order chi connectivity index (χ0) is 22.8. The number of hydrogen-bond acceptors (Lipinski definition) is 5. The number of carbonyl (C=O) groups is 2. The van der Waals surface area contributed by atoms with Crippen molar-refractivity contribution >= 4 is 51.4 Å². The van der Waals surface area contributed by atoms with Gasteiger partial charge in [-0.2, -0.15) is 0 Å². The summed E-state index contributed by atoms with van der Waals surface area (Å²) in [4.78, 5) is 26.4. The number of amides is 1. The summed E-state index contributed by atoms with van der Waals surface area (Å²) in [6, 6.07) is 4.80. The predicted octanol–water partition coefficient (Wildman–Crippen LogP) is 6.40. The third-order valence-electron chi connectivity index (χ3n) is 5.48. The van der Waals surface area contributed by atoms with Crippen molar-refractivity contribution in [3.8, 4) is 5.75 Å². The predicted molar refractivity (Wildman–Crippen MR) is 126 cm³/mol. The highest BCUT2D eigenvalue weighted by atomic mass is 35.5. The molecular weight excluding hydrogens is 457 g/mol. The van der Waals surface area contributed by atoms with Gasteiger partial charge in [0.2, 0.25) is 0 Å². The zero-order valence-corrected chi connectivity index (χ0v) is 20.5. The first-order valence-electron chi connectivity index (χ1n) is 10.3. The molecule has 0 unspecified atom stereocenters. The molecule has 0 saturated heterocycles. The molecule has 1 aliphatic rings. The smallest absolute Gasteiger partial charge is 0.341 e. The second kappa shape index (κ2) is 9.80. The van der Waals surface area contributed by atoms with Crippen LogP contribution in [0.1, 0.15) is 54.9 Å². The van der Waals surface area contributed by atoms with Crippen molar-refractivity contribution in [2.24, 2.45) is 11.3 Å². The van der Waals surface area contributed by atoms with E-state index >= 15 is 0 Å². The lowest BCUT2D eigenvalue weighted by molar-refractivity contribution is -0.118. The number of rotatable bonds is 6. The van der Waals surface area contributed by atoms with E-state index in [2.05, 4.69) is 26.1 Å². The molecule has 0 spiro atoms. The molecule has 1 amide bonds. The Labute approximate surface area is 197 Å². The van der Waals surface area contributed by atoms with Gasteiger partial charge in [-0.25, -0.2) is 4.79 Å². The van der Waals surface area contributed by atoms with Gasteiger partial charge in [-0.1, -0.05) is 44.0 Å². The Hall–Kier alpha value is -1.76. The summed E-state index contributed by atoms with van der Waals surface area (Å²) in [5.41, 5.74) is 1.66. The summed E-state index contributed by atoms with van der Waals surface area (Å²) in [7, 11) is 0. The monoisotopic (exact) mass is 483 g/mol. The van der Waals surface area contributed by atoms with Crippen LogP contribution in [0.4, 0.5) is 5.00 Å². The van der Waals surface area contributed by atoms with E-state index in [4.69, 9.17) is 32.7 Å². The van der Waals surface area contributed by atoms with Gasteiger partial charge in [0.1, 0.15) is 10.8 Å². The largest absolute Gasteiger partial charge is 0.482 e. The van der Waals surface area contributed by atoms with Crippen molar-refractivity contribution in [1.29, 1.82) is 0 Å². The highest BCUT2D eigenvalue weighted by Crippen LogP contribution is 2.44. The Bertz CT molecular complexity index is 981. The molecule has 1 aromatic carbocycles. The van der Waals surface area contributed by atoms with Crippen LogP contribution in [0.25, 0.3) is 0 Å². The van der Waals surface area contributed by atoms with Gasteiger partial charge in [0.05, 0.1) is 17.2 Å². The fourth-order valence-electron chi connectivity index (χ4n) is 3.73. The van der Waals surface area contributed by atoms with Crippen LogP contribution < -0.4 is 10.1 Å². The quantitative estimate of drug-likeness (QED) is 0.482. The van der Waals surface area contributed by atoms with Crippen LogP contribution in [-0.4, -0.2) is 25.1 Å². The average molecular weight is 484 g/mol. The van der Waals surface area contributed by atoms with E-state index in [1.807, 2.05) is 0 Å². The number of nitrogens with one attached hydrogen (secondary N) is 1. The fraction of sp³-hybridized carbons (Fsp3) is 0.478. The zero-order valence-electron chi connectivity index (χ0n) is 18.1. The number of hydrogen-bond donors (Lipinski definition) is 1. The minimum atomic E-state index is -0.397. The number of fused-ring (bicyclic) bond motifs is 1. The van der Waals surface area contributed by atoms with Crippen molar-refractivity contribution in [3.63, 3.8) is 0 Å². The standard InChI is InChI=1S/C23H27Cl2NO4S/c1-5-29-22(28)20-15-8-6-13(23(2,3)4)10-18(15)31-21(20)26-19(27)12-30-17-9-7-14(24)11-16(17)25/h7,9,11,13H,5-6,8,10,12H2,1-4H3,(H,26,27)/t13-/m1/s1. The molecule has 1 atom stereocenters. The van der Waals surface area contributed by atoms with Gasteiger partial charge < -0.3 is 14.8 Å². The van der Waals surface area contributed by atoms with Gasteiger partial charge in [-0.15, -0.1) is 11.3 Å². The van der Waals surface area contributed by atoms with Gasteiger partial charge in [0.15, 0.2) is 6.61 Å². The number of ether oxygens (including phenoxy) is 2. The molecule has 3 rings (SSSR count). The van der Waals surface area contributed by atoms with E-state index in [0.29, 0.717) is 32.3 Å². The van der Waals surface area contributed by atoms with Gasteiger partial charge >= 0.3 is 5.97 Å². The van der Waals surface area contributed by atoms with Crippen LogP contribution in [0.5, 0.6) is 5.75 Å². The molecule has 1 aromatic heterocycles. The Balaban J connectivity index is 1.78. The maximum absolute atomic E-state index is 12.7. The number of halogens is 2. The van der Waals surface area contributed by atoms with Crippen LogP contribution >= 0.6 is 34.5 Å². The van der Waals surface area contributed by atoms with E-state index < -0.39 is 5.97 Å². The summed E-state index contributed by atoms with van der Waals surface area (Å²) in [5.74, 6) is 0.117. The Morgan fingerprint density at radius 1 is 1.26 bits per heavy atom. The lowest BCUT2D eigenvalue weighted by atomic mass is 9.72. The van der Waals surface area contributed by atoms with Gasteiger partial charge in [-0.3, -0.25) is 4.79 Å². The van der Waals surface area contributed by atoms with Crippen molar-refractivity contribution in [2.75, 3.05) is 18.5 Å². The van der Waals surface area contributed by atoms with Crippen molar-refractivity contribution in [1.82, 2.24) is 0 Å². The summed E-state index contributed by atoms with van der Waals surface area (Å²) in [6.45, 7) is 8.53. The van der Waals surface area contributed by atoms with E-state index in [9.17, 15) is 9.59 Å². The molecule has 0 saturated carbocycles. The third-order valence-corrected chi connectivity index (χ3v) is 7.18. The number of benzene rings is 1. The first-order valence-corrected chi connectivity index (χ1v) is 11.9. The molecule has 0 radical (unpaired) electrons. The minimum Gasteiger partial charge on any atom is -0.482 e. The second-order valence-electron chi connectivity index (χ2n) is 8.65. The minimum absolute atomic E-state index is 0.181. The van der Waals surface area contributed by atoms with E-state index in [0.717, 1.165) is 29.7 Å². The first-order chi connectivity index (χ1) is 14.6. The van der Waals surface area contributed by atoms with E-state index in [1.165, 1.54) is 11.3 Å². The summed E-state index contributed by atoms with van der Waals surface area (Å²) >= 11 is 13.4. The fourth-order valence-corrected chi connectivity index (χ4v) is 5.53. The second-order valence-corrected chi connectivity index (χ2v) is 10.6. The molecule has 168 valence electrons.